The van der Waals surface area contributed by atoms with Crippen LogP contribution >= 0.6 is 24.0 Å². The molecule has 1 aromatic heterocycles. The van der Waals surface area contributed by atoms with Crippen molar-refractivity contribution in [2.75, 3.05) is 13.6 Å². The monoisotopic (exact) mass is 483 g/mol. The van der Waals surface area contributed by atoms with E-state index in [4.69, 9.17) is 4.99 Å². The van der Waals surface area contributed by atoms with Gasteiger partial charge in [0.15, 0.2) is 5.96 Å². The average Bonchev–Trinajstić information content (AvgIpc) is 3.04. The second-order valence-corrected chi connectivity index (χ2v) is 6.96. The maximum Gasteiger partial charge on any atom is 0.194 e. The molecule has 1 heterocycles. The Morgan fingerprint density at radius 3 is 2.81 bits per heavy atom. The van der Waals surface area contributed by atoms with Gasteiger partial charge in [-0.3, -0.25) is 4.68 Å². The van der Waals surface area contributed by atoms with E-state index in [0.717, 1.165) is 43.0 Å². The fourth-order valence-corrected chi connectivity index (χ4v) is 3.59. The molecule has 0 spiro atoms. The van der Waals surface area contributed by atoms with Gasteiger partial charge in [0.05, 0.1) is 12.7 Å². The van der Waals surface area contributed by atoms with Crippen molar-refractivity contribution < 1.29 is 5.11 Å². The van der Waals surface area contributed by atoms with Crippen molar-refractivity contribution in [1.82, 2.24) is 20.0 Å². The van der Waals surface area contributed by atoms with Gasteiger partial charge in [0.1, 0.15) is 5.75 Å². The molecule has 1 aliphatic carbocycles. The Morgan fingerprint density at radius 1 is 1.33 bits per heavy atom. The fraction of sp³-hybridized carbons (Fsp3) is 0.500. The van der Waals surface area contributed by atoms with Crippen LogP contribution in [0.25, 0.3) is 0 Å². The van der Waals surface area contributed by atoms with Crippen molar-refractivity contribution in [3.63, 3.8) is 0 Å². The largest absolute Gasteiger partial charge is 0.508 e. The van der Waals surface area contributed by atoms with E-state index in [0.29, 0.717) is 12.3 Å². The van der Waals surface area contributed by atoms with E-state index < -0.39 is 0 Å². The van der Waals surface area contributed by atoms with Crippen LogP contribution in [0, 0.1) is 0 Å². The molecular weight excluding hydrogens is 453 g/mol. The van der Waals surface area contributed by atoms with Gasteiger partial charge in [-0.05, 0) is 49.8 Å². The van der Waals surface area contributed by atoms with Gasteiger partial charge in [-0.1, -0.05) is 6.07 Å². The summed E-state index contributed by atoms with van der Waals surface area (Å²) in [6.45, 7) is 4.09. The molecule has 0 atom stereocenters. The summed E-state index contributed by atoms with van der Waals surface area (Å²) >= 11 is 0. The Kier molecular flexibility index (Phi) is 7.94. The third kappa shape index (κ3) is 5.37. The van der Waals surface area contributed by atoms with Gasteiger partial charge in [-0.25, -0.2) is 4.99 Å². The van der Waals surface area contributed by atoms with Crippen molar-refractivity contribution in [2.24, 2.45) is 12.0 Å². The van der Waals surface area contributed by atoms with E-state index in [2.05, 4.69) is 28.3 Å². The summed E-state index contributed by atoms with van der Waals surface area (Å²) in [4.78, 5) is 6.89. The number of hydrogen-bond acceptors (Lipinski definition) is 3. The zero-order chi connectivity index (χ0) is 18.5. The van der Waals surface area contributed by atoms with Crippen LogP contribution in [0.5, 0.6) is 5.75 Å². The minimum absolute atomic E-state index is 0. The van der Waals surface area contributed by atoms with Crippen LogP contribution in [0.1, 0.15) is 42.0 Å². The zero-order valence-corrected chi connectivity index (χ0v) is 18.7. The number of aromatic nitrogens is 2. The molecule has 0 saturated carbocycles. The number of benzene rings is 1. The summed E-state index contributed by atoms with van der Waals surface area (Å²) in [7, 11) is 3.94. The lowest BCUT2D eigenvalue weighted by molar-refractivity contribution is 0.462. The number of phenols is 1. The van der Waals surface area contributed by atoms with Gasteiger partial charge in [-0.2, -0.15) is 5.10 Å². The predicted octanol–water partition coefficient (Wildman–Crippen LogP) is 3.22. The Bertz CT molecular complexity index is 787. The number of aryl methyl sites for hydroxylation is 2. The zero-order valence-electron chi connectivity index (χ0n) is 16.4. The smallest absolute Gasteiger partial charge is 0.194 e. The molecule has 1 aromatic carbocycles. The molecule has 0 aliphatic heterocycles. The molecule has 3 rings (SSSR count). The van der Waals surface area contributed by atoms with Crippen LogP contribution in [0.4, 0.5) is 0 Å². The van der Waals surface area contributed by atoms with Crippen molar-refractivity contribution in [1.29, 1.82) is 0 Å². The molecule has 0 radical (unpaired) electrons. The van der Waals surface area contributed by atoms with E-state index >= 15 is 0 Å². The molecule has 6 nitrogen and oxygen atoms in total. The Labute approximate surface area is 178 Å². The number of halogens is 1. The highest BCUT2D eigenvalue weighted by Crippen LogP contribution is 2.31. The Morgan fingerprint density at radius 2 is 2.11 bits per heavy atom. The minimum atomic E-state index is 0. The molecule has 27 heavy (non-hydrogen) atoms. The first-order chi connectivity index (χ1) is 12.6. The van der Waals surface area contributed by atoms with E-state index in [9.17, 15) is 5.11 Å². The Hall–Kier alpha value is -1.77. The van der Waals surface area contributed by atoms with Crippen molar-refractivity contribution >= 4 is 29.9 Å². The maximum atomic E-state index is 10.4. The highest BCUT2D eigenvalue weighted by atomic mass is 127. The molecule has 0 amide bonds. The predicted molar refractivity (Wildman–Crippen MR) is 120 cm³/mol. The molecule has 2 aromatic rings. The lowest BCUT2D eigenvalue weighted by Crippen LogP contribution is -2.38. The third-order valence-corrected chi connectivity index (χ3v) is 4.89. The van der Waals surface area contributed by atoms with Crippen LogP contribution < -0.4 is 5.32 Å². The van der Waals surface area contributed by atoms with E-state index in [1.54, 1.807) is 0 Å². The molecule has 0 fully saturated rings. The molecule has 148 valence electrons. The first kappa shape index (κ1) is 21.5. The average molecular weight is 483 g/mol. The summed E-state index contributed by atoms with van der Waals surface area (Å²) in [5.74, 6) is 1.20. The molecule has 0 unspecified atom stereocenters. The standard InChI is InChI=1S/C20H29N5O.HI/c1-4-21-20(24(2)13-15-11-23-25(3)14-15)22-12-18-17-8-6-5-7-16(17)9-10-19(18)26;/h9-11,14,26H,4-8,12-13H2,1-3H3,(H,21,22);1H. The second-order valence-electron chi connectivity index (χ2n) is 6.96. The number of rotatable bonds is 5. The van der Waals surface area contributed by atoms with Crippen molar-refractivity contribution in [2.45, 2.75) is 45.7 Å². The van der Waals surface area contributed by atoms with Gasteiger partial charge in [0, 0.05) is 44.5 Å². The minimum Gasteiger partial charge on any atom is -0.508 e. The first-order valence-electron chi connectivity index (χ1n) is 9.38. The summed E-state index contributed by atoms with van der Waals surface area (Å²) in [5.41, 5.74) is 4.78. The number of phenolic OH excluding ortho intramolecular Hbond substituents is 1. The fourth-order valence-electron chi connectivity index (χ4n) is 3.59. The third-order valence-electron chi connectivity index (χ3n) is 4.89. The van der Waals surface area contributed by atoms with Gasteiger partial charge < -0.3 is 15.3 Å². The van der Waals surface area contributed by atoms with E-state index in [1.807, 2.05) is 37.2 Å². The quantitative estimate of drug-likeness (QED) is 0.390. The van der Waals surface area contributed by atoms with Gasteiger partial charge >= 0.3 is 0 Å². The van der Waals surface area contributed by atoms with Gasteiger partial charge in [-0.15, -0.1) is 24.0 Å². The maximum absolute atomic E-state index is 10.4. The van der Waals surface area contributed by atoms with Crippen LogP contribution in [0.2, 0.25) is 0 Å². The van der Waals surface area contributed by atoms with Crippen LogP contribution in [0.15, 0.2) is 29.5 Å². The topological polar surface area (TPSA) is 65.7 Å². The van der Waals surface area contributed by atoms with Crippen LogP contribution in [0.3, 0.4) is 0 Å². The number of hydrogen-bond donors (Lipinski definition) is 2. The number of guanidine groups is 1. The van der Waals surface area contributed by atoms with Gasteiger partial charge in [0.2, 0.25) is 0 Å². The highest BCUT2D eigenvalue weighted by Gasteiger charge is 2.16. The highest BCUT2D eigenvalue weighted by molar-refractivity contribution is 14.0. The lowest BCUT2D eigenvalue weighted by atomic mass is 9.88. The number of fused-ring (bicyclic) bond motifs is 1. The number of nitrogens with zero attached hydrogens (tertiary/aromatic N) is 4. The number of aliphatic imine (C=N–C) groups is 1. The molecule has 7 heteroatoms. The SMILES string of the molecule is CCNC(=NCc1c(O)ccc2c1CCCC2)N(C)Cc1cnn(C)c1.I. The molecule has 2 N–H and O–H groups in total. The van der Waals surface area contributed by atoms with Crippen LogP contribution in [-0.2, 0) is 33.0 Å². The second kappa shape index (κ2) is 9.96. The summed E-state index contributed by atoms with van der Waals surface area (Å²) in [6.07, 6.45) is 8.45. The lowest BCUT2D eigenvalue weighted by Gasteiger charge is -2.23. The molecule has 0 bridgehead atoms. The van der Waals surface area contributed by atoms with Crippen molar-refractivity contribution in [3.8, 4) is 5.75 Å². The van der Waals surface area contributed by atoms with E-state index in [-0.39, 0.29) is 24.0 Å². The normalized spacial score (nSPS) is 13.7. The van der Waals surface area contributed by atoms with E-state index in [1.165, 1.54) is 24.0 Å². The number of nitrogens with one attached hydrogen (secondary N) is 1. The summed E-state index contributed by atoms with van der Waals surface area (Å²) in [5, 5.41) is 17.9. The molecular formula is C20H30IN5O. The van der Waals surface area contributed by atoms with Crippen LogP contribution in [-0.4, -0.2) is 39.3 Å². The molecule has 0 saturated heterocycles. The summed E-state index contributed by atoms with van der Waals surface area (Å²) < 4.78 is 1.81. The molecule has 1 aliphatic rings. The number of aromatic hydroxyl groups is 1. The van der Waals surface area contributed by atoms with Crippen molar-refractivity contribution in [3.05, 3.63) is 46.8 Å². The van der Waals surface area contributed by atoms with Gasteiger partial charge in [0.25, 0.3) is 0 Å². The summed E-state index contributed by atoms with van der Waals surface area (Å²) in [6, 6.07) is 3.89. The first-order valence-corrected chi connectivity index (χ1v) is 9.38. The Balaban J connectivity index is 0.00000261.